The lowest BCUT2D eigenvalue weighted by atomic mass is 10.2. The van der Waals surface area contributed by atoms with E-state index in [1.807, 2.05) is 36.4 Å². The Kier molecular flexibility index (Phi) is 2.68. The highest BCUT2D eigenvalue weighted by Gasteiger charge is 2.07. The van der Waals surface area contributed by atoms with Crippen LogP contribution in [0, 0.1) is 0 Å². The van der Waals surface area contributed by atoms with Gasteiger partial charge >= 0.3 is 5.69 Å². The molecule has 1 heterocycles. The van der Waals surface area contributed by atoms with Crippen molar-refractivity contribution in [2.45, 2.75) is 6.54 Å². The molecule has 1 N–H and O–H groups in total. The summed E-state index contributed by atoms with van der Waals surface area (Å²) in [5.74, 6) is 0. The zero-order chi connectivity index (χ0) is 12.5. The fourth-order valence-electron chi connectivity index (χ4n) is 2.05. The molecule has 0 saturated carbocycles. The highest BCUT2D eigenvalue weighted by atomic mass is 35.5. The number of imidazole rings is 1. The Morgan fingerprint density at radius 3 is 2.67 bits per heavy atom. The number of nitrogens with zero attached hydrogens (tertiary/aromatic N) is 1. The fraction of sp³-hybridized carbons (Fsp3) is 0.0714. The van der Waals surface area contributed by atoms with Crippen molar-refractivity contribution < 1.29 is 0 Å². The summed E-state index contributed by atoms with van der Waals surface area (Å²) in [6.45, 7) is 0.542. The van der Waals surface area contributed by atoms with Crippen LogP contribution in [0.1, 0.15) is 5.56 Å². The quantitative estimate of drug-likeness (QED) is 0.754. The van der Waals surface area contributed by atoms with Gasteiger partial charge in [-0.2, -0.15) is 0 Å². The predicted octanol–water partition coefficient (Wildman–Crippen LogP) is 3.03. The Balaban J connectivity index is 2.14. The second-order valence-electron chi connectivity index (χ2n) is 4.16. The molecule has 3 rings (SSSR count). The van der Waals surface area contributed by atoms with Crippen molar-refractivity contribution in [3.05, 3.63) is 69.6 Å². The van der Waals surface area contributed by atoms with E-state index >= 15 is 0 Å². The molecule has 90 valence electrons. The van der Waals surface area contributed by atoms with Gasteiger partial charge in [0.25, 0.3) is 0 Å². The zero-order valence-corrected chi connectivity index (χ0v) is 10.3. The Morgan fingerprint density at radius 2 is 1.89 bits per heavy atom. The number of rotatable bonds is 2. The molecule has 0 bridgehead atoms. The Labute approximate surface area is 109 Å². The van der Waals surface area contributed by atoms with E-state index in [2.05, 4.69) is 4.98 Å². The van der Waals surface area contributed by atoms with Gasteiger partial charge in [0.05, 0.1) is 17.6 Å². The van der Waals surface area contributed by atoms with E-state index in [4.69, 9.17) is 11.6 Å². The first-order chi connectivity index (χ1) is 8.74. The molecule has 1 aromatic heterocycles. The van der Waals surface area contributed by atoms with Crippen LogP contribution in [-0.4, -0.2) is 9.55 Å². The van der Waals surface area contributed by atoms with Crippen molar-refractivity contribution in [1.82, 2.24) is 9.55 Å². The summed E-state index contributed by atoms with van der Waals surface area (Å²) in [6.07, 6.45) is 0. The third-order valence-electron chi connectivity index (χ3n) is 2.92. The summed E-state index contributed by atoms with van der Waals surface area (Å²) in [5, 5.41) is 0.628. The molecule has 2 aromatic carbocycles. The van der Waals surface area contributed by atoms with E-state index in [1.54, 1.807) is 16.7 Å². The molecular weight excluding hydrogens is 248 g/mol. The van der Waals surface area contributed by atoms with Gasteiger partial charge in [0.15, 0.2) is 0 Å². The minimum Gasteiger partial charge on any atom is -0.306 e. The number of H-pyrrole nitrogens is 1. The van der Waals surface area contributed by atoms with Gasteiger partial charge in [-0.05, 0) is 23.8 Å². The van der Waals surface area contributed by atoms with Crippen molar-refractivity contribution in [3.8, 4) is 0 Å². The second-order valence-corrected chi connectivity index (χ2v) is 4.60. The molecule has 18 heavy (non-hydrogen) atoms. The van der Waals surface area contributed by atoms with E-state index in [-0.39, 0.29) is 5.69 Å². The van der Waals surface area contributed by atoms with Crippen LogP contribution < -0.4 is 5.69 Å². The van der Waals surface area contributed by atoms with Gasteiger partial charge in [-0.15, -0.1) is 0 Å². The van der Waals surface area contributed by atoms with Crippen LogP contribution in [0.25, 0.3) is 11.0 Å². The minimum absolute atomic E-state index is 0.115. The van der Waals surface area contributed by atoms with E-state index in [0.717, 1.165) is 16.6 Å². The molecule has 0 spiro atoms. The van der Waals surface area contributed by atoms with Gasteiger partial charge in [-0.25, -0.2) is 4.79 Å². The van der Waals surface area contributed by atoms with Crippen molar-refractivity contribution in [2.75, 3.05) is 0 Å². The van der Waals surface area contributed by atoms with Gasteiger partial charge in [-0.3, -0.25) is 4.57 Å². The summed E-state index contributed by atoms with van der Waals surface area (Å²) in [4.78, 5) is 14.7. The number of aromatic nitrogens is 2. The number of hydrogen-bond acceptors (Lipinski definition) is 1. The van der Waals surface area contributed by atoms with Crippen molar-refractivity contribution in [2.24, 2.45) is 0 Å². The van der Waals surface area contributed by atoms with Crippen LogP contribution in [0.5, 0.6) is 0 Å². The molecule has 0 aliphatic rings. The summed E-state index contributed by atoms with van der Waals surface area (Å²) >= 11 is 5.97. The smallest absolute Gasteiger partial charge is 0.306 e. The topological polar surface area (TPSA) is 37.8 Å². The third kappa shape index (κ3) is 1.93. The lowest BCUT2D eigenvalue weighted by Crippen LogP contribution is -2.17. The predicted molar refractivity (Wildman–Crippen MR) is 73.1 cm³/mol. The average Bonchev–Trinajstić information content (AvgIpc) is 2.67. The average molecular weight is 259 g/mol. The summed E-state index contributed by atoms with van der Waals surface area (Å²) in [6, 6.07) is 15.3. The molecular formula is C14H11ClN2O. The van der Waals surface area contributed by atoms with Crippen LogP contribution >= 0.6 is 11.6 Å². The third-order valence-corrected chi connectivity index (χ3v) is 3.16. The molecule has 0 fully saturated rings. The van der Waals surface area contributed by atoms with E-state index in [1.165, 1.54) is 0 Å². The van der Waals surface area contributed by atoms with E-state index in [9.17, 15) is 4.79 Å². The molecule has 0 atom stereocenters. The molecule has 3 aromatic rings. The summed E-state index contributed by atoms with van der Waals surface area (Å²) < 4.78 is 1.69. The van der Waals surface area contributed by atoms with Gasteiger partial charge in [0.1, 0.15) is 0 Å². The second kappa shape index (κ2) is 4.35. The minimum atomic E-state index is -0.115. The van der Waals surface area contributed by atoms with Gasteiger partial charge in [-0.1, -0.05) is 41.9 Å². The monoisotopic (exact) mass is 258 g/mol. The van der Waals surface area contributed by atoms with Crippen LogP contribution in [0.4, 0.5) is 0 Å². The Bertz CT molecular complexity index is 743. The maximum absolute atomic E-state index is 11.9. The van der Waals surface area contributed by atoms with Crippen LogP contribution in [0.3, 0.4) is 0 Å². The number of hydrogen-bond donors (Lipinski definition) is 1. The molecule has 0 aliphatic heterocycles. The van der Waals surface area contributed by atoms with Crippen LogP contribution in [-0.2, 0) is 6.54 Å². The number of halogens is 1. The van der Waals surface area contributed by atoms with Gasteiger partial charge in [0.2, 0.25) is 0 Å². The highest BCUT2D eigenvalue weighted by molar-refractivity contribution is 6.31. The summed E-state index contributed by atoms with van der Waals surface area (Å²) in [7, 11) is 0. The van der Waals surface area contributed by atoms with Crippen molar-refractivity contribution in [3.63, 3.8) is 0 Å². The van der Waals surface area contributed by atoms with Crippen molar-refractivity contribution >= 4 is 22.6 Å². The number of fused-ring (bicyclic) bond motifs is 1. The first-order valence-electron chi connectivity index (χ1n) is 5.66. The molecule has 0 aliphatic carbocycles. The maximum atomic E-state index is 11.9. The fourth-order valence-corrected chi connectivity index (χ4v) is 2.22. The number of benzene rings is 2. The molecule has 0 saturated heterocycles. The Hall–Kier alpha value is -2.00. The van der Waals surface area contributed by atoms with E-state index in [0.29, 0.717) is 11.6 Å². The summed E-state index contributed by atoms with van der Waals surface area (Å²) in [5.41, 5.74) is 2.60. The van der Waals surface area contributed by atoms with Gasteiger partial charge < -0.3 is 4.98 Å². The molecule has 0 unspecified atom stereocenters. The molecule has 0 amide bonds. The van der Waals surface area contributed by atoms with Crippen LogP contribution in [0.15, 0.2) is 53.3 Å². The molecule has 3 nitrogen and oxygen atoms in total. The normalized spacial score (nSPS) is 10.9. The van der Waals surface area contributed by atoms with E-state index < -0.39 is 0 Å². The van der Waals surface area contributed by atoms with Gasteiger partial charge in [0, 0.05) is 5.02 Å². The number of aromatic amines is 1. The van der Waals surface area contributed by atoms with Crippen LogP contribution in [0.2, 0.25) is 5.02 Å². The lowest BCUT2D eigenvalue weighted by molar-refractivity contribution is 0.787. The Morgan fingerprint density at radius 1 is 1.11 bits per heavy atom. The van der Waals surface area contributed by atoms with Crippen molar-refractivity contribution in [1.29, 1.82) is 0 Å². The lowest BCUT2D eigenvalue weighted by Gasteiger charge is -2.03. The highest BCUT2D eigenvalue weighted by Crippen LogP contribution is 2.17. The standard InChI is InChI=1S/C14H11ClN2O/c15-11-6-7-12-13(8-11)17(14(18)16-12)9-10-4-2-1-3-5-10/h1-8H,9H2,(H,16,18). The number of nitrogens with one attached hydrogen (secondary N) is 1. The molecule has 4 heteroatoms. The zero-order valence-electron chi connectivity index (χ0n) is 9.56. The molecule has 0 radical (unpaired) electrons. The first-order valence-corrected chi connectivity index (χ1v) is 6.04. The SMILES string of the molecule is O=c1[nH]c2ccc(Cl)cc2n1Cc1ccccc1. The first kappa shape index (κ1) is 11.1. The maximum Gasteiger partial charge on any atom is 0.326 e. The largest absolute Gasteiger partial charge is 0.326 e.